The SMILES string of the molecule is CCCN(CCC)c1cc(C(F)(F)F)n(Cc2ccccc2)n1. The Hall–Kier alpha value is -1.98. The zero-order valence-electron chi connectivity index (χ0n) is 13.5. The van der Waals surface area contributed by atoms with Crippen molar-refractivity contribution in [1.82, 2.24) is 9.78 Å². The highest BCUT2D eigenvalue weighted by molar-refractivity contribution is 5.41. The van der Waals surface area contributed by atoms with Crippen molar-refractivity contribution in [2.75, 3.05) is 18.0 Å². The van der Waals surface area contributed by atoms with E-state index >= 15 is 0 Å². The highest BCUT2D eigenvalue weighted by Crippen LogP contribution is 2.32. The molecule has 0 atom stereocenters. The van der Waals surface area contributed by atoms with Crippen LogP contribution in [0.5, 0.6) is 0 Å². The molecule has 1 heterocycles. The second kappa shape index (κ2) is 7.53. The second-order valence-corrected chi connectivity index (χ2v) is 5.52. The van der Waals surface area contributed by atoms with E-state index < -0.39 is 11.9 Å². The van der Waals surface area contributed by atoms with Crippen molar-refractivity contribution in [1.29, 1.82) is 0 Å². The summed E-state index contributed by atoms with van der Waals surface area (Å²) in [6.45, 7) is 5.53. The van der Waals surface area contributed by atoms with Gasteiger partial charge in [0.25, 0.3) is 0 Å². The molecule has 0 radical (unpaired) electrons. The van der Waals surface area contributed by atoms with E-state index in [1.807, 2.05) is 36.9 Å². The molecule has 0 spiro atoms. The van der Waals surface area contributed by atoms with Crippen molar-refractivity contribution >= 4 is 5.82 Å². The number of halogens is 3. The van der Waals surface area contributed by atoms with Gasteiger partial charge in [0, 0.05) is 19.2 Å². The van der Waals surface area contributed by atoms with Gasteiger partial charge in [-0.1, -0.05) is 44.2 Å². The average Bonchev–Trinajstić information content (AvgIpc) is 2.92. The molecule has 0 bridgehead atoms. The Balaban J connectivity index is 2.35. The van der Waals surface area contributed by atoms with E-state index in [-0.39, 0.29) is 6.54 Å². The van der Waals surface area contributed by atoms with Crippen molar-refractivity contribution in [2.45, 2.75) is 39.4 Å². The standard InChI is InChI=1S/C17H22F3N3/c1-3-10-22(11-4-2)16-12-15(17(18,19)20)23(21-16)13-14-8-6-5-7-9-14/h5-9,12H,3-4,10-11,13H2,1-2H3. The first-order chi connectivity index (χ1) is 11.0. The molecule has 3 nitrogen and oxygen atoms in total. The Morgan fingerprint density at radius 2 is 1.65 bits per heavy atom. The van der Waals surface area contributed by atoms with E-state index in [0.717, 1.165) is 29.2 Å². The number of aromatic nitrogens is 2. The summed E-state index contributed by atoms with van der Waals surface area (Å²) in [5.41, 5.74) is 0.0961. The van der Waals surface area contributed by atoms with Gasteiger partial charge < -0.3 is 4.90 Å². The molecule has 0 fully saturated rings. The van der Waals surface area contributed by atoms with E-state index in [0.29, 0.717) is 18.9 Å². The van der Waals surface area contributed by atoms with Crippen LogP contribution in [0.15, 0.2) is 36.4 Å². The van der Waals surface area contributed by atoms with Crippen molar-refractivity contribution in [3.05, 3.63) is 47.7 Å². The maximum absolute atomic E-state index is 13.3. The zero-order valence-corrected chi connectivity index (χ0v) is 13.5. The molecular weight excluding hydrogens is 303 g/mol. The summed E-state index contributed by atoms with van der Waals surface area (Å²) < 4.78 is 41.0. The molecular formula is C17H22F3N3. The molecule has 0 N–H and O–H groups in total. The van der Waals surface area contributed by atoms with Gasteiger partial charge in [0.2, 0.25) is 0 Å². The monoisotopic (exact) mass is 325 g/mol. The van der Waals surface area contributed by atoms with E-state index in [1.165, 1.54) is 0 Å². The molecule has 6 heteroatoms. The lowest BCUT2D eigenvalue weighted by Crippen LogP contribution is -2.25. The van der Waals surface area contributed by atoms with Crippen LogP contribution in [-0.2, 0) is 12.7 Å². The molecule has 0 aliphatic carbocycles. The summed E-state index contributed by atoms with van der Waals surface area (Å²) in [5, 5.41) is 4.23. The Labute approximate surface area is 134 Å². The molecule has 1 aromatic carbocycles. The molecule has 0 saturated carbocycles. The number of alkyl halides is 3. The lowest BCUT2D eigenvalue weighted by atomic mass is 10.2. The summed E-state index contributed by atoms with van der Waals surface area (Å²) in [6.07, 6.45) is -2.68. The fourth-order valence-corrected chi connectivity index (χ4v) is 2.54. The Morgan fingerprint density at radius 1 is 1.04 bits per heavy atom. The number of hydrogen-bond acceptors (Lipinski definition) is 2. The highest BCUT2D eigenvalue weighted by atomic mass is 19.4. The van der Waals surface area contributed by atoms with Crippen LogP contribution in [0.2, 0.25) is 0 Å². The van der Waals surface area contributed by atoms with Crippen LogP contribution in [0.1, 0.15) is 37.9 Å². The van der Waals surface area contributed by atoms with Gasteiger partial charge in [0.05, 0.1) is 6.54 Å². The Kier molecular flexibility index (Phi) is 5.69. The predicted molar refractivity (Wildman–Crippen MR) is 85.6 cm³/mol. The number of anilines is 1. The molecule has 1 aromatic heterocycles. The summed E-state index contributed by atoms with van der Waals surface area (Å²) in [4.78, 5) is 1.91. The van der Waals surface area contributed by atoms with Gasteiger partial charge >= 0.3 is 6.18 Å². The molecule has 0 aliphatic heterocycles. The van der Waals surface area contributed by atoms with Crippen LogP contribution in [-0.4, -0.2) is 22.9 Å². The molecule has 2 rings (SSSR count). The smallest absolute Gasteiger partial charge is 0.355 e. The van der Waals surface area contributed by atoms with Crippen LogP contribution >= 0.6 is 0 Å². The van der Waals surface area contributed by atoms with E-state index in [2.05, 4.69) is 5.10 Å². The van der Waals surface area contributed by atoms with Crippen molar-refractivity contribution in [3.63, 3.8) is 0 Å². The number of nitrogens with zero attached hydrogens (tertiary/aromatic N) is 3. The molecule has 0 aliphatic rings. The Morgan fingerprint density at radius 3 is 2.17 bits per heavy atom. The minimum absolute atomic E-state index is 0.113. The molecule has 0 unspecified atom stereocenters. The first kappa shape index (κ1) is 17.4. The van der Waals surface area contributed by atoms with Crippen LogP contribution in [0.3, 0.4) is 0 Å². The lowest BCUT2D eigenvalue weighted by Gasteiger charge is -2.20. The predicted octanol–water partition coefficient (Wildman–Crippen LogP) is 4.58. The summed E-state index contributed by atoms with van der Waals surface area (Å²) in [5.74, 6) is 0.400. The first-order valence-corrected chi connectivity index (χ1v) is 7.89. The minimum Gasteiger partial charge on any atom is -0.355 e. The normalized spacial score (nSPS) is 11.7. The fourth-order valence-electron chi connectivity index (χ4n) is 2.54. The molecule has 126 valence electrons. The highest BCUT2D eigenvalue weighted by Gasteiger charge is 2.36. The van der Waals surface area contributed by atoms with E-state index in [9.17, 15) is 13.2 Å². The third-order valence-electron chi connectivity index (χ3n) is 3.54. The van der Waals surface area contributed by atoms with E-state index in [4.69, 9.17) is 0 Å². The number of rotatable bonds is 7. The quantitative estimate of drug-likeness (QED) is 0.743. The summed E-state index contributed by atoms with van der Waals surface area (Å²) in [7, 11) is 0. The summed E-state index contributed by atoms with van der Waals surface area (Å²) >= 11 is 0. The van der Waals surface area contributed by atoms with Crippen molar-refractivity contribution in [2.24, 2.45) is 0 Å². The zero-order chi connectivity index (χ0) is 16.9. The van der Waals surface area contributed by atoms with Gasteiger partial charge in [-0.2, -0.15) is 18.3 Å². The topological polar surface area (TPSA) is 21.1 Å². The van der Waals surface area contributed by atoms with Gasteiger partial charge in [-0.05, 0) is 18.4 Å². The fraction of sp³-hybridized carbons (Fsp3) is 0.471. The van der Waals surface area contributed by atoms with Crippen LogP contribution in [0.25, 0.3) is 0 Å². The van der Waals surface area contributed by atoms with Crippen LogP contribution < -0.4 is 4.90 Å². The van der Waals surface area contributed by atoms with Gasteiger partial charge in [0.15, 0.2) is 5.82 Å². The maximum atomic E-state index is 13.3. The maximum Gasteiger partial charge on any atom is 0.433 e. The third-order valence-corrected chi connectivity index (χ3v) is 3.54. The van der Waals surface area contributed by atoms with Crippen molar-refractivity contribution < 1.29 is 13.2 Å². The molecule has 0 amide bonds. The molecule has 23 heavy (non-hydrogen) atoms. The van der Waals surface area contributed by atoms with E-state index in [1.54, 1.807) is 12.1 Å². The molecule has 0 saturated heterocycles. The van der Waals surface area contributed by atoms with Gasteiger partial charge in [-0.15, -0.1) is 0 Å². The minimum atomic E-state index is -4.41. The lowest BCUT2D eigenvalue weighted by molar-refractivity contribution is -0.144. The van der Waals surface area contributed by atoms with Gasteiger partial charge in [0.1, 0.15) is 5.69 Å². The van der Waals surface area contributed by atoms with Gasteiger partial charge in [-0.25, -0.2) is 0 Å². The third kappa shape index (κ3) is 4.50. The second-order valence-electron chi connectivity index (χ2n) is 5.52. The molecule has 2 aromatic rings. The van der Waals surface area contributed by atoms with Gasteiger partial charge in [-0.3, -0.25) is 4.68 Å². The first-order valence-electron chi connectivity index (χ1n) is 7.89. The van der Waals surface area contributed by atoms with Crippen molar-refractivity contribution in [3.8, 4) is 0 Å². The van der Waals surface area contributed by atoms with Crippen LogP contribution in [0.4, 0.5) is 19.0 Å². The summed E-state index contributed by atoms with van der Waals surface area (Å²) in [6, 6.07) is 10.2. The largest absolute Gasteiger partial charge is 0.433 e. The number of hydrogen-bond donors (Lipinski definition) is 0. The average molecular weight is 325 g/mol. The van der Waals surface area contributed by atoms with Crippen LogP contribution in [0, 0.1) is 0 Å². The Bertz CT molecular complexity index is 599. The number of benzene rings is 1.